The van der Waals surface area contributed by atoms with Gasteiger partial charge in [-0.15, -0.1) is 0 Å². The molecule has 0 bridgehead atoms. The molecule has 122 valence electrons. The highest BCUT2D eigenvalue weighted by atomic mass is 35.5. The fourth-order valence-corrected chi connectivity index (χ4v) is 3.34. The van der Waals surface area contributed by atoms with Gasteiger partial charge in [-0.05, 0) is 29.2 Å². The Morgan fingerprint density at radius 3 is 2.00 bits per heavy atom. The van der Waals surface area contributed by atoms with E-state index in [1.54, 1.807) is 0 Å². The average molecular weight is 338 g/mol. The first kappa shape index (κ1) is 16.7. The maximum atomic E-state index is 6.51. The summed E-state index contributed by atoms with van der Waals surface area (Å²) in [6.45, 7) is 2.13. The molecule has 0 fully saturated rings. The standard InChI is InChI=1S/C21H20ClNO/c1-2-16-12-14-18(15-13-16)21(24-23,17-8-4-3-5-9-17)19-10-6-7-11-20(19)22/h3-15H,2,23H2,1H3. The maximum absolute atomic E-state index is 6.51. The lowest BCUT2D eigenvalue weighted by atomic mass is 9.80. The highest BCUT2D eigenvalue weighted by molar-refractivity contribution is 6.31. The van der Waals surface area contributed by atoms with Gasteiger partial charge in [0, 0.05) is 10.6 Å². The molecule has 0 saturated heterocycles. The number of nitrogens with two attached hydrogens (primary N) is 1. The van der Waals surface area contributed by atoms with Crippen molar-refractivity contribution in [3.63, 3.8) is 0 Å². The van der Waals surface area contributed by atoms with Crippen LogP contribution in [0.1, 0.15) is 29.2 Å². The van der Waals surface area contributed by atoms with Gasteiger partial charge in [-0.25, -0.2) is 5.90 Å². The summed E-state index contributed by atoms with van der Waals surface area (Å²) in [6.07, 6.45) is 0.980. The molecule has 0 aliphatic heterocycles. The van der Waals surface area contributed by atoms with Gasteiger partial charge in [0.25, 0.3) is 0 Å². The van der Waals surface area contributed by atoms with Gasteiger partial charge in [-0.2, -0.15) is 0 Å². The number of halogens is 1. The van der Waals surface area contributed by atoms with Crippen LogP contribution >= 0.6 is 11.6 Å². The smallest absolute Gasteiger partial charge is 0.166 e. The van der Waals surface area contributed by atoms with E-state index in [9.17, 15) is 0 Å². The van der Waals surface area contributed by atoms with Crippen LogP contribution in [-0.2, 0) is 16.9 Å². The van der Waals surface area contributed by atoms with Crippen molar-refractivity contribution in [3.05, 3.63) is 106 Å². The first-order valence-electron chi connectivity index (χ1n) is 8.00. The Kier molecular flexibility index (Phi) is 5.00. The van der Waals surface area contributed by atoms with Crippen molar-refractivity contribution in [3.8, 4) is 0 Å². The summed E-state index contributed by atoms with van der Waals surface area (Å²) in [6, 6.07) is 25.9. The van der Waals surface area contributed by atoms with E-state index in [2.05, 4.69) is 31.2 Å². The van der Waals surface area contributed by atoms with E-state index in [-0.39, 0.29) is 0 Å². The monoisotopic (exact) mass is 337 g/mol. The van der Waals surface area contributed by atoms with Gasteiger partial charge in [-0.1, -0.05) is 91.3 Å². The molecular weight excluding hydrogens is 318 g/mol. The molecule has 0 aromatic heterocycles. The van der Waals surface area contributed by atoms with Gasteiger partial charge in [-0.3, -0.25) is 4.84 Å². The van der Waals surface area contributed by atoms with E-state index >= 15 is 0 Å². The molecule has 0 heterocycles. The molecule has 2 N–H and O–H groups in total. The molecule has 0 aliphatic carbocycles. The second-order valence-electron chi connectivity index (χ2n) is 5.70. The molecule has 24 heavy (non-hydrogen) atoms. The summed E-state index contributed by atoms with van der Waals surface area (Å²) >= 11 is 6.51. The zero-order valence-electron chi connectivity index (χ0n) is 13.6. The van der Waals surface area contributed by atoms with Gasteiger partial charge < -0.3 is 0 Å². The third kappa shape index (κ3) is 2.84. The first-order valence-corrected chi connectivity index (χ1v) is 8.38. The second kappa shape index (κ2) is 7.18. The summed E-state index contributed by atoms with van der Waals surface area (Å²) < 4.78 is 0. The number of benzene rings is 3. The van der Waals surface area contributed by atoms with E-state index < -0.39 is 5.60 Å². The van der Waals surface area contributed by atoms with Crippen LogP contribution in [0.25, 0.3) is 0 Å². The number of hydrogen-bond donors (Lipinski definition) is 1. The van der Waals surface area contributed by atoms with Crippen LogP contribution in [0, 0.1) is 0 Å². The van der Waals surface area contributed by atoms with Gasteiger partial charge in [0.05, 0.1) is 0 Å². The van der Waals surface area contributed by atoms with Crippen molar-refractivity contribution in [1.29, 1.82) is 0 Å². The van der Waals surface area contributed by atoms with Crippen molar-refractivity contribution in [2.24, 2.45) is 5.90 Å². The predicted molar refractivity (Wildman–Crippen MR) is 98.9 cm³/mol. The molecule has 3 rings (SSSR count). The van der Waals surface area contributed by atoms with E-state index in [1.807, 2.05) is 54.6 Å². The Hall–Kier alpha value is -2.13. The molecule has 3 heteroatoms. The lowest BCUT2D eigenvalue weighted by Crippen LogP contribution is -2.35. The third-order valence-corrected chi connectivity index (χ3v) is 4.71. The van der Waals surface area contributed by atoms with E-state index in [0.29, 0.717) is 5.02 Å². The summed E-state index contributed by atoms with van der Waals surface area (Å²) in [5.41, 5.74) is 3.01. The first-order chi connectivity index (χ1) is 11.7. The fraction of sp³-hybridized carbons (Fsp3) is 0.143. The predicted octanol–water partition coefficient (Wildman–Crippen LogP) is 5.08. The molecule has 0 spiro atoms. The van der Waals surface area contributed by atoms with Crippen molar-refractivity contribution < 1.29 is 4.84 Å². The Morgan fingerprint density at radius 2 is 1.42 bits per heavy atom. The van der Waals surface area contributed by atoms with Crippen LogP contribution in [0.5, 0.6) is 0 Å². The van der Waals surface area contributed by atoms with Crippen LogP contribution in [0.2, 0.25) is 5.02 Å². The highest BCUT2D eigenvalue weighted by Gasteiger charge is 2.39. The second-order valence-corrected chi connectivity index (χ2v) is 6.10. The lowest BCUT2D eigenvalue weighted by molar-refractivity contribution is 0.0118. The normalized spacial score (nSPS) is 13.5. The molecule has 3 aromatic carbocycles. The molecule has 0 amide bonds. The molecule has 1 atom stereocenters. The fourth-order valence-electron chi connectivity index (χ4n) is 3.07. The quantitative estimate of drug-likeness (QED) is 0.520. The zero-order chi connectivity index (χ0) is 17.0. The van der Waals surface area contributed by atoms with Crippen LogP contribution in [0.3, 0.4) is 0 Å². The zero-order valence-corrected chi connectivity index (χ0v) is 14.3. The topological polar surface area (TPSA) is 35.2 Å². The Balaban J connectivity index is 2.29. The molecule has 2 nitrogen and oxygen atoms in total. The Bertz CT molecular complexity index is 802. The highest BCUT2D eigenvalue weighted by Crippen LogP contribution is 2.42. The summed E-state index contributed by atoms with van der Waals surface area (Å²) in [5.74, 6) is 5.88. The summed E-state index contributed by atoms with van der Waals surface area (Å²) in [7, 11) is 0. The van der Waals surface area contributed by atoms with Crippen LogP contribution in [0.15, 0.2) is 78.9 Å². The van der Waals surface area contributed by atoms with Crippen molar-refractivity contribution >= 4 is 11.6 Å². The Labute approximate surface area is 147 Å². The average Bonchev–Trinajstić information content (AvgIpc) is 2.65. The van der Waals surface area contributed by atoms with Crippen molar-refractivity contribution in [2.75, 3.05) is 0 Å². The van der Waals surface area contributed by atoms with Gasteiger partial charge in [0.2, 0.25) is 0 Å². The van der Waals surface area contributed by atoms with Crippen LogP contribution in [-0.4, -0.2) is 0 Å². The maximum Gasteiger partial charge on any atom is 0.166 e. The lowest BCUT2D eigenvalue weighted by Gasteiger charge is -2.34. The van der Waals surface area contributed by atoms with Crippen LogP contribution in [0.4, 0.5) is 0 Å². The minimum absolute atomic E-state index is 0.617. The molecule has 1 unspecified atom stereocenters. The third-order valence-electron chi connectivity index (χ3n) is 4.38. The van der Waals surface area contributed by atoms with Crippen molar-refractivity contribution in [2.45, 2.75) is 18.9 Å². The van der Waals surface area contributed by atoms with Crippen LogP contribution < -0.4 is 5.90 Å². The van der Waals surface area contributed by atoms with E-state index in [4.69, 9.17) is 22.3 Å². The van der Waals surface area contributed by atoms with Gasteiger partial charge in [0.1, 0.15) is 0 Å². The molecule has 3 aromatic rings. The molecule has 0 aliphatic rings. The van der Waals surface area contributed by atoms with Gasteiger partial charge in [0.15, 0.2) is 5.60 Å². The Morgan fingerprint density at radius 1 is 0.833 bits per heavy atom. The van der Waals surface area contributed by atoms with Crippen molar-refractivity contribution in [1.82, 2.24) is 0 Å². The number of aryl methyl sites for hydroxylation is 1. The molecule has 0 saturated carbocycles. The largest absolute Gasteiger partial charge is 0.283 e. The molecule has 0 radical (unpaired) electrons. The number of hydrogen-bond acceptors (Lipinski definition) is 2. The van der Waals surface area contributed by atoms with E-state index in [0.717, 1.165) is 23.1 Å². The van der Waals surface area contributed by atoms with E-state index in [1.165, 1.54) is 5.56 Å². The summed E-state index contributed by atoms with van der Waals surface area (Å²) in [5, 5.41) is 0.617. The van der Waals surface area contributed by atoms with Gasteiger partial charge >= 0.3 is 0 Å². The molecular formula is C21H20ClNO. The SMILES string of the molecule is CCc1ccc(C(ON)(c2ccccc2)c2ccccc2Cl)cc1. The minimum Gasteiger partial charge on any atom is -0.283 e. The number of rotatable bonds is 5. The minimum atomic E-state index is -0.953. The summed E-state index contributed by atoms with van der Waals surface area (Å²) in [4.78, 5) is 5.67.